The predicted molar refractivity (Wildman–Crippen MR) is 23.1 cm³/mol. The third kappa shape index (κ3) is 2.19. The van der Waals surface area contributed by atoms with Crippen molar-refractivity contribution in [2.45, 2.75) is 19.0 Å². The Balaban J connectivity index is 2.16. The van der Waals surface area contributed by atoms with Crippen molar-refractivity contribution in [3.63, 3.8) is 0 Å². The van der Waals surface area contributed by atoms with Crippen molar-refractivity contribution in [3.8, 4) is 0 Å². The molecule has 3 heteroatoms. The van der Waals surface area contributed by atoms with Gasteiger partial charge in [-0.1, -0.05) is 0 Å². The van der Waals surface area contributed by atoms with Crippen molar-refractivity contribution in [3.05, 3.63) is 6.42 Å². The van der Waals surface area contributed by atoms with Crippen LogP contribution in [-0.4, -0.2) is 6.18 Å². The zero-order valence-corrected chi connectivity index (χ0v) is 4.20. The highest BCUT2D eigenvalue weighted by Crippen LogP contribution is 2.38. The van der Waals surface area contributed by atoms with E-state index in [1.54, 1.807) is 6.42 Å². The van der Waals surface area contributed by atoms with Crippen molar-refractivity contribution in [2.24, 2.45) is 5.92 Å². The largest absolute Gasteiger partial charge is 0.389 e. The monoisotopic (exact) mass is 123 g/mol. The first-order valence-corrected chi connectivity index (χ1v) is 2.48. The molecule has 1 aliphatic carbocycles. The summed E-state index contributed by atoms with van der Waals surface area (Å²) in [5, 5.41) is 0. The van der Waals surface area contributed by atoms with Gasteiger partial charge in [-0.15, -0.1) is 0 Å². The zero-order valence-electron chi connectivity index (χ0n) is 4.20. The first kappa shape index (κ1) is 5.92. The van der Waals surface area contributed by atoms with Gasteiger partial charge in [0.05, 0.1) is 0 Å². The summed E-state index contributed by atoms with van der Waals surface area (Å²) < 4.78 is 34.0. The first-order valence-electron chi connectivity index (χ1n) is 2.48. The van der Waals surface area contributed by atoms with E-state index in [1.807, 2.05) is 0 Å². The average molecular weight is 123 g/mol. The summed E-state index contributed by atoms with van der Waals surface area (Å²) >= 11 is 0. The summed E-state index contributed by atoms with van der Waals surface area (Å²) in [6.07, 6.45) is -2.24. The lowest BCUT2D eigenvalue weighted by atomic mass is 10.3. The van der Waals surface area contributed by atoms with E-state index in [2.05, 4.69) is 0 Å². The molecule has 8 heavy (non-hydrogen) atoms. The lowest BCUT2D eigenvalue weighted by Crippen LogP contribution is -2.07. The van der Waals surface area contributed by atoms with Crippen LogP contribution in [0.3, 0.4) is 0 Å². The number of alkyl halides is 3. The highest BCUT2D eigenvalue weighted by molar-refractivity contribution is 4.95. The summed E-state index contributed by atoms with van der Waals surface area (Å²) in [6, 6.07) is 0. The number of rotatable bonds is 1. The van der Waals surface area contributed by atoms with Crippen LogP contribution in [0.5, 0.6) is 0 Å². The third-order valence-electron chi connectivity index (χ3n) is 1.06. The quantitative estimate of drug-likeness (QED) is 0.501. The van der Waals surface area contributed by atoms with Crippen LogP contribution in [0.15, 0.2) is 0 Å². The van der Waals surface area contributed by atoms with Crippen molar-refractivity contribution in [2.75, 3.05) is 0 Å². The van der Waals surface area contributed by atoms with Crippen molar-refractivity contribution >= 4 is 0 Å². The Morgan fingerprint density at radius 2 is 2.00 bits per heavy atom. The van der Waals surface area contributed by atoms with Crippen molar-refractivity contribution < 1.29 is 13.2 Å². The van der Waals surface area contributed by atoms with Gasteiger partial charge < -0.3 is 0 Å². The zero-order chi connectivity index (χ0) is 6.20. The first-order chi connectivity index (χ1) is 3.58. The molecule has 0 spiro atoms. The molecule has 0 N–H and O–H groups in total. The van der Waals surface area contributed by atoms with Gasteiger partial charge in [-0.2, -0.15) is 13.2 Å². The molecule has 0 aromatic rings. The molecule has 1 fully saturated rings. The van der Waals surface area contributed by atoms with E-state index in [0.717, 1.165) is 0 Å². The summed E-state index contributed by atoms with van der Waals surface area (Å²) in [5.41, 5.74) is 0. The van der Waals surface area contributed by atoms with Gasteiger partial charge in [0.2, 0.25) is 0 Å². The van der Waals surface area contributed by atoms with Crippen LogP contribution in [-0.2, 0) is 0 Å². The minimum atomic E-state index is -3.95. The molecule has 0 amide bonds. The number of halogens is 3. The van der Waals surface area contributed by atoms with Crippen LogP contribution in [0.25, 0.3) is 0 Å². The lowest BCUT2D eigenvalue weighted by Gasteiger charge is -2.01. The SMILES string of the molecule is FC(F)(F)CC1[CH]C1. The Hall–Kier alpha value is -0.210. The molecule has 0 aromatic heterocycles. The van der Waals surface area contributed by atoms with Gasteiger partial charge >= 0.3 is 6.18 Å². The normalized spacial score (nSPS) is 21.4. The minimum absolute atomic E-state index is 0.157. The van der Waals surface area contributed by atoms with Crippen LogP contribution in [0.4, 0.5) is 13.2 Å². The van der Waals surface area contributed by atoms with E-state index in [-0.39, 0.29) is 5.92 Å². The molecule has 1 unspecified atom stereocenters. The molecular formula is C5H6F3. The molecule has 1 radical (unpaired) electrons. The van der Waals surface area contributed by atoms with E-state index in [0.29, 0.717) is 6.42 Å². The molecular weight excluding hydrogens is 117 g/mol. The van der Waals surface area contributed by atoms with E-state index in [9.17, 15) is 13.2 Å². The molecule has 0 aliphatic heterocycles. The molecule has 47 valence electrons. The van der Waals surface area contributed by atoms with Crippen molar-refractivity contribution in [1.29, 1.82) is 0 Å². The van der Waals surface area contributed by atoms with Gasteiger partial charge in [0, 0.05) is 6.42 Å². The van der Waals surface area contributed by atoms with E-state index >= 15 is 0 Å². The fourth-order valence-electron chi connectivity index (χ4n) is 0.560. The second kappa shape index (κ2) is 1.64. The van der Waals surface area contributed by atoms with Gasteiger partial charge in [0.15, 0.2) is 0 Å². The second-order valence-electron chi connectivity index (χ2n) is 2.05. The predicted octanol–water partition coefficient (Wildman–Crippen LogP) is 2.16. The molecule has 1 rings (SSSR count). The van der Waals surface area contributed by atoms with Crippen LogP contribution < -0.4 is 0 Å². The smallest absolute Gasteiger partial charge is 0.171 e. The fourth-order valence-corrected chi connectivity index (χ4v) is 0.560. The molecule has 1 atom stereocenters. The minimum Gasteiger partial charge on any atom is -0.171 e. The number of hydrogen-bond donors (Lipinski definition) is 0. The van der Waals surface area contributed by atoms with Crippen LogP contribution in [0.2, 0.25) is 0 Å². The summed E-state index contributed by atoms with van der Waals surface area (Å²) in [5.74, 6) is -0.157. The molecule has 0 saturated heterocycles. The molecule has 0 aromatic carbocycles. The van der Waals surface area contributed by atoms with Gasteiger partial charge in [-0.05, 0) is 18.8 Å². The third-order valence-corrected chi connectivity index (χ3v) is 1.06. The Bertz CT molecular complexity index is 80.2. The Morgan fingerprint density at radius 1 is 1.50 bits per heavy atom. The van der Waals surface area contributed by atoms with Gasteiger partial charge in [0.25, 0.3) is 0 Å². The molecule has 0 bridgehead atoms. The Kier molecular flexibility index (Phi) is 1.21. The average Bonchev–Trinajstić information content (AvgIpc) is 2.12. The highest BCUT2D eigenvalue weighted by atomic mass is 19.4. The molecule has 0 heterocycles. The van der Waals surface area contributed by atoms with Gasteiger partial charge in [0.1, 0.15) is 0 Å². The second-order valence-corrected chi connectivity index (χ2v) is 2.05. The van der Waals surface area contributed by atoms with E-state index in [1.165, 1.54) is 0 Å². The Labute approximate surface area is 45.7 Å². The fraction of sp³-hybridized carbons (Fsp3) is 0.800. The van der Waals surface area contributed by atoms with Crippen LogP contribution >= 0.6 is 0 Å². The molecule has 1 aliphatic rings. The van der Waals surface area contributed by atoms with E-state index < -0.39 is 12.6 Å². The van der Waals surface area contributed by atoms with Crippen molar-refractivity contribution in [1.82, 2.24) is 0 Å². The molecule has 1 saturated carbocycles. The van der Waals surface area contributed by atoms with E-state index in [4.69, 9.17) is 0 Å². The Morgan fingerprint density at radius 3 is 2.12 bits per heavy atom. The summed E-state index contributed by atoms with van der Waals surface area (Å²) in [7, 11) is 0. The maximum atomic E-state index is 11.3. The highest BCUT2D eigenvalue weighted by Gasteiger charge is 2.36. The maximum absolute atomic E-state index is 11.3. The standard InChI is InChI=1S/C5H6F3/c6-5(7,8)3-4-1-2-4/h1,4H,2-3H2. The number of hydrogen-bond acceptors (Lipinski definition) is 0. The van der Waals surface area contributed by atoms with Crippen LogP contribution in [0.1, 0.15) is 12.8 Å². The maximum Gasteiger partial charge on any atom is 0.389 e. The summed E-state index contributed by atoms with van der Waals surface area (Å²) in [6.45, 7) is 0. The topological polar surface area (TPSA) is 0 Å². The summed E-state index contributed by atoms with van der Waals surface area (Å²) in [4.78, 5) is 0. The molecule has 0 nitrogen and oxygen atoms in total. The van der Waals surface area contributed by atoms with Gasteiger partial charge in [-0.3, -0.25) is 0 Å². The van der Waals surface area contributed by atoms with Crippen LogP contribution in [0, 0.1) is 12.3 Å². The lowest BCUT2D eigenvalue weighted by molar-refractivity contribution is -0.137. The van der Waals surface area contributed by atoms with Gasteiger partial charge in [-0.25, -0.2) is 0 Å².